The summed E-state index contributed by atoms with van der Waals surface area (Å²) in [4.78, 5) is 4.56. The van der Waals surface area contributed by atoms with Gasteiger partial charge in [0.2, 0.25) is 0 Å². The molecule has 0 amide bonds. The fourth-order valence-electron chi connectivity index (χ4n) is 11.0. The van der Waals surface area contributed by atoms with Crippen molar-refractivity contribution in [3.63, 3.8) is 0 Å². The number of furan rings is 1. The van der Waals surface area contributed by atoms with Crippen LogP contribution in [-0.4, -0.2) is 6.71 Å². The van der Waals surface area contributed by atoms with Crippen molar-refractivity contribution in [2.75, 3.05) is 9.80 Å². The molecule has 0 spiro atoms. The Morgan fingerprint density at radius 2 is 1.06 bits per heavy atom. The molecular formula is C63H73BN2O. The van der Waals surface area contributed by atoms with E-state index in [1.807, 2.05) is 25.7 Å². The number of hydrogen-bond acceptors (Lipinski definition) is 3. The van der Waals surface area contributed by atoms with Gasteiger partial charge in [0, 0.05) is 33.7 Å². The predicted molar refractivity (Wildman–Crippen MR) is 290 cm³/mol. The monoisotopic (exact) mass is 889 g/mol. The fourth-order valence-corrected chi connectivity index (χ4v) is 11.0. The van der Waals surface area contributed by atoms with E-state index in [1.165, 1.54) is 22.3 Å². The lowest BCUT2D eigenvalue weighted by molar-refractivity contribution is 0.332. The minimum Gasteiger partial charge on any atom is -0.468 e. The third-order valence-corrected chi connectivity index (χ3v) is 15.4. The predicted octanol–water partition coefficient (Wildman–Crippen LogP) is 16.0. The van der Waals surface area contributed by atoms with Gasteiger partial charge in [-0.15, -0.1) is 0 Å². The van der Waals surface area contributed by atoms with Crippen LogP contribution in [0.2, 0.25) is 0 Å². The Balaban J connectivity index is 1.38. The second-order valence-electron chi connectivity index (χ2n) is 25.6. The molecule has 1 aromatic heterocycles. The summed E-state index contributed by atoms with van der Waals surface area (Å²) in [5, 5.41) is 0.889. The molecule has 0 saturated heterocycles. The molecule has 0 saturated carbocycles. The molecule has 7 aromatic rings. The van der Waals surface area contributed by atoms with Gasteiger partial charge in [0.05, 0.1) is 22.5 Å². The van der Waals surface area contributed by atoms with Crippen molar-refractivity contribution in [1.29, 1.82) is 0 Å². The summed E-state index contributed by atoms with van der Waals surface area (Å²) in [6, 6.07) is 32.0. The van der Waals surface area contributed by atoms with Crippen LogP contribution >= 0.6 is 0 Å². The van der Waals surface area contributed by atoms with Crippen molar-refractivity contribution in [3.8, 4) is 11.1 Å². The van der Waals surface area contributed by atoms with Crippen LogP contribution in [0, 0.1) is 6.92 Å². The van der Waals surface area contributed by atoms with Gasteiger partial charge < -0.3 is 14.2 Å². The van der Waals surface area contributed by atoms with E-state index < -0.39 is 5.41 Å². The molecule has 0 fully saturated rings. The molecule has 3 heterocycles. The number of fused-ring (bicyclic) bond motifs is 7. The normalized spacial score (nSPS) is 17.3. The number of hydrogen-bond donors (Lipinski definition) is 0. The lowest BCUT2D eigenvalue weighted by Crippen LogP contribution is -2.61. The van der Waals surface area contributed by atoms with Crippen molar-refractivity contribution in [3.05, 3.63) is 148 Å². The average molecular weight is 889 g/mol. The van der Waals surface area contributed by atoms with Gasteiger partial charge in [-0.05, 0) is 162 Å². The minimum atomic E-state index is -0.623. The van der Waals surface area contributed by atoms with Gasteiger partial charge in [-0.2, -0.15) is 0 Å². The quantitative estimate of drug-likeness (QED) is 0.165. The smallest absolute Gasteiger partial charge is 0.297 e. The largest absolute Gasteiger partial charge is 0.468 e. The van der Waals surface area contributed by atoms with E-state index in [4.69, 9.17) is 4.42 Å². The number of rotatable bonds is 3. The van der Waals surface area contributed by atoms with E-state index >= 15 is 0 Å². The van der Waals surface area contributed by atoms with Gasteiger partial charge >= 0.3 is 0 Å². The molecule has 0 unspecified atom stereocenters. The summed E-state index contributed by atoms with van der Waals surface area (Å²) in [5.74, 6) is 0. The average Bonchev–Trinajstić information content (AvgIpc) is 3.65. The highest BCUT2D eigenvalue weighted by Gasteiger charge is 2.49. The Bertz CT molecular complexity index is 3340. The molecule has 0 radical (unpaired) electrons. The zero-order chi connectivity index (χ0) is 51.6. The summed E-state index contributed by atoms with van der Waals surface area (Å²) < 4.78 is 46.4. The van der Waals surface area contributed by atoms with Crippen molar-refractivity contribution in [2.45, 2.75) is 163 Å². The standard InChI is InChI=1S/C63H73BN2O/c1-38-32-52-55-53(33-38)66(50-28-24-42(60(8,9)10)34-45(50)39-18-20-40(21-19-39)58(2,3)4)51-37-48-47(62(14,15)30-31-63(48,16)17)36-49(51)64(55)57-56(46-35-43(61(11,12)13)25-29-54(46)67-57)65(52)44-26-22-41(23-27-44)59(5,6)7/h18-29,32-37H,30-31H2,1-17H3/i22D,23D,26D,27D. The SMILES string of the molecule is [2H]c1c([2H])c(C(C)(C)C)c([2H])c([2H])c1N1c2cc(C)cc3c2B(c2cc4c(cc2N3c2ccc(C(C)(C)C)cc2-c2ccc(C(C)(C)C)cc2)C(C)(C)CCC4(C)C)c2oc3ccc(C(C)(C)C)cc3c21. The maximum Gasteiger partial charge on any atom is 0.297 e. The molecule has 3 nitrogen and oxygen atoms in total. The topological polar surface area (TPSA) is 19.6 Å². The first kappa shape index (κ1) is 40.6. The molecular weight excluding hydrogens is 812 g/mol. The van der Waals surface area contributed by atoms with Crippen molar-refractivity contribution in [2.24, 2.45) is 0 Å². The highest BCUT2D eigenvalue weighted by molar-refractivity contribution is 7.00. The number of anilines is 6. The maximum absolute atomic E-state index is 9.94. The fraction of sp³-hybridized carbons (Fsp3) is 0.397. The highest BCUT2D eigenvalue weighted by Crippen LogP contribution is 2.53. The molecule has 2 aliphatic heterocycles. The summed E-state index contributed by atoms with van der Waals surface area (Å²) in [5.41, 5.74) is 17.7. The van der Waals surface area contributed by atoms with Gasteiger partial charge in [-0.25, -0.2) is 0 Å². The first-order valence-electron chi connectivity index (χ1n) is 26.7. The van der Waals surface area contributed by atoms with E-state index in [2.05, 4.69) is 187 Å². The van der Waals surface area contributed by atoms with Crippen LogP contribution in [0.5, 0.6) is 0 Å². The van der Waals surface area contributed by atoms with E-state index in [-0.39, 0.29) is 63.6 Å². The van der Waals surface area contributed by atoms with Crippen LogP contribution in [0.4, 0.5) is 34.1 Å². The molecule has 3 aliphatic rings. The van der Waals surface area contributed by atoms with Crippen molar-refractivity contribution < 1.29 is 9.90 Å². The van der Waals surface area contributed by atoms with Crippen LogP contribution in [0.25, 0.3) is 22.1 Å². The highest BCUT2D eigenvalue weighted by atomic mass is 16.3. The minimum absolute atomic E-state index is 0.00220. The molecule has 1 aliphatic carbocycles. The summed E-state index contributed by atoms with van der Waals surface area (Å²) in [6.07, 6.45) is 2.14. The third kappa shape index (κ3) is 7.39. The Morgan fingerprint density at radius 1 is 0.537 bits per heavy atom. The van der Waals surface area contributed by atoms with Gasteiger partial charge in [0.1, 0.15) is 5.58 Å². The molecule has 67 heavy (non-hydrogen) atoms. The summed E-state index contributed by atoms with van der Waals surface area (Å²) >= 11 is 0. The van der Waals surface area contributed by atoms with Crippen LogP contribution in [0.3, 0.4) is 0 Å². The number of benzene rings is 6. The zero-order valence-corrected chi connectivity index (χ0v) is 43.4. The Kier molecular flexibility index (Phi) is 8.94. The van der Waals surface area contributed by atoms with Crippen molar-refractivity contribution >= 4 is 68.4 Å². The lowest BCUT2D eigenvalue weighted by Gasteiger charge is -2.47. The van der Waals surface area contributed by atoms with E-state index in [1.54, 1.807) is 0 Å². The van der Waals surface area contributed by atoms with E-state index in [9.17, 15) is 5.48 Å². The van der Waals surface area contributed by atoms with E-state index in [0.29, 0.717) is 5.56 Å². The van der Waals surface area contributed by atoms with E-state index in [0.717, 1.165) is 91.1 Å². The Morgan fingerprint density at radius 3 is 1.64 bits per heavy atom. The summed E-state index contributed by atoms with van der Waals surface area (Å²) in [6.45, 7) is 37.6. The second-order valence-corrected chi connectivity index (χ2v) is 25.6. The van der Waals surface area contributed by atoms with Crippen LogP contribution in [0.1, 0.15) is 168 Å². The van der Waals surface area contributed by atoms with Gasteiger partial charge in [-0.1, -0.05) is 165 Å². The maximum atomic E-state index is 9.94. The number of aryl methyl sites for hydroxylation is 1. The zero-order valence-electron chi connectivity index (χ0n) is 47.4. The van der Waals surface area contributed by atoms with Crippen molar-refractivity contribution in [1.82, 2.24) is 0 Å². The molecule has 0 N–H and O–H groups in total. The Hall–Kier alpha value is -5.48. The van der Waals surface area contributed by atoms with Gasteiger partial charge in [0.25, 0.3) is 6.71 Å². The lowest BCUT2D eigenvalue weighted by atomic mass is 9.35. The molecule has 4 heteroatoms. The second kappa shape index (κ2) is 14.8. The van der Waals surface area contributed by atoms with Crippen LogP contribution < -0.4 is 26.4 Å². The van der Waals surface area contributed by atoms with Crippen LogP contribution in [-0.2, 0) is 32.5 Å². The summed E-state index contributed by atoms with van der Waals surface area (Å²) in [7, 11) is 0. The first-order valence-corrected chi connectivity index (χ1v) is 24.7. The van der Waals surface area contributed by atoms with Crippen LogP contribution in [0.15, 0.2) is 114 Å². The number of nitrogens with zero attached hydrogens (tertiary/aromatic N) is 2. The molecule has 344 valence electrons. The Labute approximate surface area is 408 Å². The molecule has 6 aromatic carbocycles. The third-order valence-electron chi connectivity index (χ3n) is 15.4. The molecule has 0 atom stereocenters. The molecule has 10 rings (SSSR count). The molecule has 0 bridgehead atoms. The van der Waals surface area contributed by atoms with Gasteiger partial charge in [-0.3, -0.25) is 0 Å². The first-order chi connectivity index (χ1) is 32.8. The van der Waals surface area contributed by atoms with Gasteiger partial charge in [0.15, 0.2) is 0 Å².